The monoisotopic (exact) mass is 491 g/mol. The number of rotatable bonds is 5. The Balaban J connectivity index is 1.39. The van der Waals surface area contributed by atoms with Gasteiger partial charge in [0.15, 0.2) is 5.65 Å². The Hall–Kier alpha value is -3.14. The first-order valence-corrected chi connectivity index (χ1v) is 12.2. The summed E-state index contributed by atoms with van der Waals surface area (Å²) >= 11 is 6.51. The third-order valence-corrected chi connectivity index (χ3v) is 6.32. The highest BCUT2D eigenvalue weighted by Crippen LogP contribution is 2.31. The fraction of sp³-hybridized carbons (Fsp3) is 0.400. The first kappa shape index (κ1) is 23.6. The number of imidazole rings is 1. The second-order valence-corrected chi connectivity index (χ2v) is 10.2. The van der Waals surface area contributed by atoms with E-state index < -0.39 is 0 Å². The molecule has 0 aliphatic carbocycles. The highest BCUT2D eigenvalue weighted by atomic mass is 35.5. The van der Waals surface area contributed by atoms with Gasteiger partial charge in [-0.25, -0.2) is 24.9 Å². The Bertz CT molecular complexity index is 1340. The molecule has 1 saturated heterocycles. The SMILES string of the molecule is Cc1nc2ncc(-c3nc(Nc4ccc(CN5CCNCC5)cn4)ncc3Cl)cc2n1C(C)(C)C. The number of pyridine rings is 2. The molecule has 1 fully saturated rings. The van der Waals surface area contributed by atoms with Crippen molar-refractivity contribution < 1.29 is 0 Å². The topological polar surface area (TPSA) is 96.7 Å². The van der Waals surface area contributed by atoms with Crippen molar-refractivity contribution in [1.82, 2.24) is 39.7 Å². The average Bonchev–Trinajstić information content (AvgIpc) is 3.17. The van der Waals surface area contributed by atoms with Crippen LogP contribution in [0.15, 0.2) is 36.8 Å². The van der Waals surface area contributed by atoms with Gasteiger partial charge in [-0.2, -0.15) is 0 Å². The predicted octanol–water partition coefficient (Wildman–Crippen LogP) is 4.15. The lowest BCUT2D eigenvalue weighted by molar-refractivity contribution is 0.233. The molecule has 4 aromatic rings. The van der Waals surface area contributed by atoms with Gasteiger partial charge in [-0.3, -0.25) is 4.90 Å². The number of fused-ring (bicyclic) bond motifs is 1. The minimum atomic E-state index is -0.135. The highest BCUT2D eigenvalue weighted by Gasteiger charge is 2.21. The van der Waals surface area contributed by atoms with Crippen molar-refractivity contribution in [2.45, 2.75) is 39.8 Å². The number of aryl methyl sites for hydroxylation is 1. The zero-order chi connectivity index (χ0) is 24.6. The van der Waals surface area contributed by atoms with Crippen molar-refractivity contribution in [3.05, 3.63) is 53.2 Å². The van der Waals surface area contributed by atoms with Gasteiger partial charge in [0.2, 0.25) is 5.95 Å². The van der Waals surface area contributed by atoms with E-state index in [2.05, 4.69) is 71.9 Å². The van der Waals surface area contributed by atoms with E-state index in [0.29, 0.717) is 28.1 Å². The zero-order valence-corrected chi connectivity index (χ0v) is 21.3. The van der Waals surface area contributed by atoms with E-state index in [1.807, 2.05) is 25.3 Å². The van der Waals surface area contributed by atoms with Gasteiger partial charge in [0.05, 0.1) is 22.4 Å². The Labute approximate surface area is 210 Å². The molecular weight excluding hydrogens is 462 g/mol. The number of anilines is 2. The number of nitrogens with one attached hydrogen (secondary N) is 2. The fourth-order valence-electron chi connectivity index (χ4n) is 4.51. The van der Waals surface area contributed by atoms with Gasteiger partial charge in [0.25, 0.3) is 0 Å². The van der Waals surface area contributed by atoms with Crippen molar-refractivity contribution in [3.8, 4) is 11.3 Å². The molecule has 9 nitrogen and oxygen atoms in total. The van der Waals surface area contributed by atoms with Gasteiger partial charge in [0.1, 0.15) is 11.6 Å². The predicted molar refractivity (Wildman–Crippen MR) is 139 cm³/mol. The van der Waals surface area contributed by atoms with Crippen molar-refractivity contribution in [2.24, 2.45) is 0 Å². The van der Waals surface area contributed by atoms with E-state index in [0.717, 1.165) is 49.6 Å². The Morgan fingerprint density at radius 2 is 1.83 bits per heavy atom. The molecule has 0 spiro atoms. The molecule has 0 bridgehead atoms. The van der Waals surface area contributed by atoms with E-state index in [-0.39, 0.29) is 5.54 Å². The summed E-state index contributed by atoms with van der Waals surface area (Å²) in [5.41, 5.74) is 4.10. The standard InChI is InChI=1S/C25H30ClN9/c1-16-31-23-20(35(16)25(2,3)4)11-18(13-29-23)22-19(26)14-30-24(33-22)32-21-6-5-17(12-28-21)15-34-9-7-27-8-10-34/h5-6,11-14,27H,7-10,15H2,1-4H3,(H,28,30,32,33). The average molecular weight is 492 g/mol. The van der Waals surface area contributed by atoms with E-state index in [9.17, 15) is 0 Å². The fourth-order valence-corrected chi connectivity index (χ4v) is 4.71. The molecule has 0 radical (unpaired) electrons. The van der Waals surface area contributed by atoms with E-state index in [1.54, 1.807) is 12.4 Å². The molecule has 0 amide bonds. The van der Waals surface area contributed by atoms with Gasteiger partial charge < -0.3 is 15.2 Å². The van der Waals surface area contributed by atoms with Crippen LogP contribution in [-0.4, -0.2) is 60.6 Å². The molecule has 5 rings (SSSR count). The maximum absolute atomic E-state index is 6.51. The Morgan fingerprint density at radius 1 is 1.03 bits per heavy atom. The molecule has 0 saturated carbocycles. The first-order chi connectivity index (χ1) is 16.8. The molecule has 35 heavy (non-hydrogen) atoms. The van der Waals surface area contributed by atoms with Crippen LogP contribution in [0.2, 0.25) is 5.02 Å². The van der Waals surface area contributed by atoms with Crippen LogP contribution in [0.5, 0.6) is 0 Å². The third-order valence-electron chi connectivity index (χ3n) is 6.05. The van der Waals surface area contributed by atoms with Crippen LogP contribution in [0.1, 0.15) is 32.2 Å². The van der Waals surface area contributed by atoms with Crippen LogP contribution in [0.4, 0.5) is 11.8 Å². The molecule has 5 heterocycles. The van der Waals surface area contributed by atoms with Crippen molar-refractivity contribution in [3.63, 3.8) is 0 Å². The van der Waals surface area contributed by atoms with Crippen LogP contribution >= 0.6 is 11.6 Å². The smallest absolute Gasteiger partial charge is 0.228 e. The quantitative estimate of drug-likeness (QED) is 0.430. The summed E-state index contributed by atoms with van der Waals surface area (Å²) in [5, 5.41) is 7.03. The van der Waals surface area contributed by atoms with Crippen LogP contribution in [0.3, 0.4) is 0 Å². The first-order valence-electron chi connectivity index (χ1n) is 11.8. The number of nitrogens with zero attached hydrogens (tertiary/aromatic N) is 7. The Morgan fingerprint density at radius 3 is 2.54 bits per heavy atom. The molecule has 1 aliphatic heterocycles. The molecule has 4 aromatic heterocycles. The van der Waals surface area contributed by atoms with Crippen LogP contribution in [-0.2, 0) is 12.1 Å². The van der Waals surface area contributed by atoms with Gasteiger partial charge in [-0.05, 0) is 45.4 Å². The Kier molecular flexibility index (Phi) is 6.39. The molecule has 2 N–H and O–H groups in total. The van der Waals surface area contributed by atoms with Crippen molar-refractivity contribution in [1.29, 1.82) is 0 Å². The number of halogens is 1. The summed E-state index contributed by atoms with van der Waals surface area (Å²) in [5.74, 6) is 2.02. The van der Waals surface area contributed by atoms with Crippen LogP contribution in [0, 0.1) is 6.92 Å². The zero-order valence-electron chi connectivity index (χ0n) is 20.5. The minimum Gasteiger partial charge on any atom is -0.321 e. The largest absolute Gasteiger partial charge is 0.321 e. The molecule has 182 valence electrons. The molecule has 0 unspecified atom stereocenters. The summed E-state index contributed by atoms with van der Waals surface area (Å²) in [6, 6.07) is 6.07. The molecule has 10 heteroatoms. The number of piperazine rings is 1. The molecular formula is C25H30ClN9. The normalized spacial score (nSPS) is 15.0. The molecule has 0 aromatic carbocycles. The van der Waals surface area contributed by atoms with Crippen molar-refractivity contribution in [2.75, 3.05) is 31.5 Å². The van der Waals surface area contributed by atoms with E-state index in [4.69, 9.17) is 11.6 Å². The molecule has 1 aliphatic rings. The van der Waals surface area contributed by atoms with Crippen LogP contribution < -0.4 is 10.6 Å². The van der Waals surface area contributed by atoms with Gasteiger partial charge in [-0.1, -0.05) is 17.7 Å². The summed E-state index contributed by atoms with van der Waals surface area (Å²) in [6.07, 6.45) is 5.25. The van der Waals surface area contributed by atoms with E-state index in [1.165, 1.54) is 5.56 Å². The summed E-state index contributed by atoms with van der Waals surface area (Å²) in [4.78, 5) is 25.2. The van der Waals surface area contributed by atoms with E-state index >= 15 is 0 Å². The number of hydrogen-bond acceptors (Lipinski definition) is 8. The van der Waals surface area contributed by atoms with Gasteiger partial charge >= 0.3 is 0 Å². The summed E-state index contributed by atoms with van der Waals surface area (Å²) in [6.45, 7) is 13.5. The van der Waals surface area contributed by atoms with Crippen LogP contribution in [0.25, 0.3) is 22.4 Å². The molecule has 0 atom stereocenters. The number of aromatic nitrogens is 6. The van der Waals surface area contributed by atoms with Crippen molar-refractivity contribution >= 4 is 34.5 Å². The lowest BCUT2D eigenvalue weighted by atomic mass is 10.1. The maximum atomic E-state index is 6.51. The minimum absolute atomic E-state index is 0.135. The van der Waals surface area contributed by atoms with Gasteiger partial charge in [0, 0.05) is 56.2 Å². The van der Waals surface area contributed by atoms with Gasteiger partial charge in [-0.15, -0.1) is 0 Å². The summed E-state index contributed by atoms with van der Waals surface area (Å²) < 4.78 is 2.18. The summed E-state index contributed by atoms with van der Waals surface area (Å²) in [7, 11) is 0. The second-order valence-electron chi connectivity index (χ2n) is 9.82. The maximum Gasteiger partial charge on any atom is 0.228 e. The second kappa shape index (κ2) is 9.49. The number of hydrogen-bond donors (Lipinski definition) is 2. The highest BCUT2D eigenvalue weighted by molar-refractivity contribution is 6.33. The lowest BCUT2D eigenvalue weighted by Gasteiger charge is -2.27. The lowest BCUT2D eigenvalue weighted by Crippen LogP contribution is -2.42. The third kappa shape index (κ3) is 5.12.